The van der Waals surface area contributed by atoms with Crippen molar-refractivity contribution in [2.45, 2.75) is 18.9 Å². The van der Waals surface area contributed by atoms with E-state index < -0.39 is 0 Å². The Morgan fingerprint density at radius 3 is 2.67 bits per heavy atom. The normalized spacial score (nSPS) is 14.9. The molecule has 0 saturated carbocycles. The molecule has 2 aromatic heterocycles. The van der Waals surface area contributed by atoms with E-state index in [1.807, 2.05) is 35.0 Å². The van der Waals surface area contributed by atoms with Gasteiger partial charge in [0, 0.05) is 35.6 Å². The van der Waals surface area contributed by atoms with Crippen molar-refractivity contribution >= 4 is 23.1 Å². The van der Waals surface area contributed by atoms with Gasteiger partial charge in [-0.1, -0.05) is 12.1 Å². The molecule has 0 spiro atoms. The fraction of sp³-hybridized carbons (Fsp3) is 0.250. The van der Waals surface area contributed by atoms with Gasteiger partial charge in [-0.25, -0.2) is 4.39 Å². The molecule has 7 heteroatoms. The van der Waals surface area contributed by atoms with E-state index in [0.717, 1.165) is 37.3 Å². The first-order chi connectivity index (χ1) is 13.2. The maximum absolute atomic E-state index is 13.4. The molecule has 138 valence electrons. The molecular weight excluding hydrogens is 363 g/mol. The molecule has 5 nitrogen and oxygen atoms in total. The lowest BCUT2D eigenvalue weighted by Crippen LogP contribution is -2.44. The molecule has 3 aromatic rings. The number of aromatic nitrogens is 2. The fourth-order valence-corrected chi connectivity index (χ4v) is 3.85. The minimum atomic E-state index is -0.287. The van der Waals surface area contributed by atoms with Crippen molar-refractivity contribution in [2.24, 2.45) is 0 Å². The zero-order valence-corrected chi connectivity index (χ0v) is 15.5. The van der Waals surface area contributed by atoms with E-state index in [1.165, 1.54) is 23.5 Å². The first-order valence-electron chi connectivity index (χ1n) is 8.87. The van der Waals surface area contributed by atoms with Crippen LogP contribution in [0.25, 0.3) is 11.3 Å². The highest BCUT2D eigenvalue weighted by molar-refractivity contribution is 7.08. The minimum absolute atomic E-state index is 0.00561. The first kappa shape index (κ1) is 17.6. The Bertz CT molecular complexity index is 906. The second-order valence-electron chi connectivity index (χ2n) is 6.53. The van der Waals surface area contributed by atoms with E-state index >= 15 is 0 Å². The monoisotopic (exact) mass is 382 g/mol. The Labute approximate surface area is 160 Å². The summed E-state index contributed by atoms with van der Waals surface area (Å²) < 4.78 is 13.4. The van der Waals surface area contributed by atoms with Gasteiger partial charge in [-0.15, -0.1) is 10.2 Å². The van der Waals surface area contributed by atoms with Crippen LogP contribution < -0.4 is 10.2 Å². The van der Waals surface area contributed by atoms with E-state index in [2.05, 4.69) is 20.4 Å². The van der Waals surface area contributed by atoms with Crippen LogP contribution in [0.1, 0.15) is 23.2 Å². The highest BCUT2D eigenvalue weighted by Crippen LogP contribution is 2.22. The van der Waals surface area contributed by atoms with Crippen molar-refractivity contribution in [1.82, 2.24) is 15.5 Å². The summed E-state index contributed by atoms with van der Waals surface area (Å²) in [5.74, 6) is 0.511. The Hall–Kier alpha value is -2.80. The average molecular weight is 382 g/mol. The molecule has 0 bridgehead atoms. The molecule has 27 heavy (non-hydrogen) atoms. The summed E-state index contributed by atoms with van der Waals surface area (Å²) in [6.45, 7) is 1.62. The van der Waals surface area contributed by atoms with Gasteiger partial charge in [0.25, 0.3) is 5.91 Å². The van der Waals surface area contributed by atoms with Crippen molar-refractivity contribution in [3.63, 3.8) is 0 Å². The summed E-state index contributed by atoms with van der Waals surface area (Å²) in [7, 11) is 0. The second-order valence-corrected chi connectivity index (χ2v) is 7.31. The molecule has 4 rings (SSSR count). The molecule has 1 aliphatic heterocycles. The maximum atomic E-state index is 13.4. The summed E-state index contributed by atoms with van der Waals surface area (Å²) in [4.78, 5) is 14.3. The number of nitrogens with one attached hydrogen (secondary N) is 1. The minimum Gasteiger partial charge on any atom is -0.355 e. The number of halogens is 1. The zero-order valence-electron chi connectivity index (χ0n) is 14.6. The van der Waals surface area contributed by atoms with Gasteiger partial charge in [0.1, 0.15) is 5.82 Å². The second kappa shape index (κ2) is 7.84. The molecule has 1 fully saturated rings. The van der Waals surface area contributed by atoms with Crippen LogP contribution in [0.5, 0.6) is 0 Å². The fourth-order valence-electron chi connectivity index (χ4n) is 3.21. The summed E-state index contributed by atoms with van der Waals surface area (Å²) >= 11 is 1.52. The molecular formula is C20H19FN4OS. The first-order valence-corrected chi connectivity index (χ1v) is 9.81. The molecule has 1 saturated heterocycles. The van der Waals surface area contributed by atoms with Gasteiger partial charge >= 0.3 is 0 Å². The van der Waals surface area contributed by atoms with Crippen molar-refractivity contribution < 1.29 is 9.18 Å². The van der Waals surface area contributed by atoms with Gasteiger partial charge in [-0.3, -0.25) is 4.79 Å². The molecule has 1 amide bonds. The van der Waals surface area contributed by atoms with Gasteiger partial charge < -0.3 is 10.2 Å². The third kappa shape index (κ3) is 4.14. The molecule has 1 aliphatic rings. The molecule has 1 N–H and O–H groups in total. The van der Waals surface area contributed by atoms with Gasteiger partial charge in [0.2, 0.25) is 0 Å². The number of thiophene rings is 1. The van der Waals surface area contributed by atoms with Crippen LogP contribution in [0.15, 0.2) is 53.2 Å². The van der Waals surface area contributed by atoms with E-state index in [4.69, 9.17) is 0 Å². The van der Waals surface area contributed by atoms with Gasteiger partial charge in [-0.2, -0.15) is 11.3 Å². The number of nitrogens with zero attached hydrogens (tertiary/aromatic N) is 3. The lowest BCUT2D eigenvalue weighted by Gasteiger charge is -2.32. The number of hydrogen-bond donors (Lipinski definition) is 1. The number of carbonyl (C=O) groups excluding carboxylic acids is 1. The van der Waals surface area contributed by atoms with Crippen LogP contribution >= 0.6 is 11.3 Å². The number of rotatable bonds is 4. The number of amides is 1. The number of piperidine rings is 1. The van der Waals surface area contributed by atoms with Crippen LogP contribution in [-0.4, -0.2) is 35.2 Å². The Kier molecular flexibility index (Phi) is 5.11. The summed E-state index contributed by atoms with van der Waals surface area (Å²) in [6, 6.07) is 12.1. The predicted octanol–water partition coefficient (Wildman–Crippen LogP) is 3.74. The van der Waals surface area contributed by atoms with Crippen molar-refractivity contribution in [3.8, 4) is 11.3 Å². The van der Waals surface area contributed by atoms with Gasteiger partial charge in [0.05, 0.1) is 5.69 Å². The Balaban J connectivity index is 1.35. The van der Waals surface area contributed by atoms with Crippen LogP contribution in [0.3, 0.4) is 0 Å². The lowest BCUT2D eigenvalue weighted by molar-refractivity contribution is 0.0931. The summed E-state index contributed by atoms with van der Waals surface area (Å²) in [6.07, 6.45) is 1.73. The van der Waals surface area contributed by atoms with E-state index in [1.54, 1.807) is 6.07 Å². The lowest BCUT2D eigenvalue weighted by atomic mass is 10.0. The van der Waals surface area contributed by atoms with Gasteiger partial charge in [-0.05, 0) is 48.6 Å². The molecule has 0 radical (unpaired) electrons. The summed E-state index contributed by atoms with van der Waals surface area (Å²) in [5, 5.41) is 15.4. The topological polar surface area (TPSA) is 58.1 Å². The SMILES string of the molecule is O=C(NC1CCN(c2ccc(-c3cccc(F)c3)nn2)CC1)c1ccsc1. The zero-order chi connectivity index (χ0) is 18.6. The smallest absolute Gasteiger partial charge is 0.252 e. The van der Waals surface area contributed by atoms with Crippen LogP contribution in [0, 0.1) is 5.82 Å². The third-order valence-corrected chi connectivity index (χ3v) is 5.39. The molecule has 0 atom stereocenters. The van der Waals surface area contributed by atoms with E-state index in [9.17, 15) is 9.18 Å². The van der Waals surface area contributed by atoms with Crippen LogP contribution in [0.4, 0.5) is 10.2 Å². The maximum Gasteiger partial charge on any atom is 0.252 e. The quantitative estimate of drug-likeness (QED) is 0.747. The van der Waals surface area contributed by atoms with E-state index in [0.29, 0.717) is 11.3 Å². The standard InChI is InChI=1S/C20H19FN4OS/c21-16-3-1-2-14(12-16)18-4-5-19(24-23-18)25-9-6-17(7-10-25)22-20(26)15-8-11-27-13-15/h1-5,8,11-13,17H,6-7,9-10H2,(H,22,26). The summed E-state index contributed by atoms with van der Waals surface area (Å²) in [5.41, 5.74) is 2.08. The number of carbonyl (C=O) groups is 1. The number of benzene rings is 1. The highest BCUT2D eigenvalue weighted by Gasteiger charge is 2.22. The molecule has 3 heterocycles. The highest BCUT2D eigenvalue weighted by atomic mass is 32.1. The van der Waals surface area contributed by atoms with Crippen molar-refractivity contribution in [2.75, 3.05) is 18.0 Å². The van der Waals surface area contributed by atoms with Crippen LogP contribution in [-0.2, 0) is 0 Å². The van der Waals surface area contributed by atoms with Crippen molar-refractivity contribution in [1.29, 1.82) is 0 Å². The number of anilines is 1. The number of hydrogen-bond acceptors (Lipinski definition) is 5. The molecule has 0 unspecified atom stereocenters. The van der Waals surface area contributed by atoms with Gasteiger partial charge in [0.15, 0.2) is 5.82 Å². The van der Waals surface area contributed by atoms with Crippen LogP contribution in [0.2, 0.25) is 0 Å². The largest absolute Gasteiger partial charge is 0.355 e. The average Bonchev–Trinajstić information content (AvgIpc) is 3.24. The third-order valence-electron chi connectivity index (χ3n) is 4.71. The van der Waals surface area contributed by atoms with Crippen molar-refractivity contribution in [3.05, 3.63) is 64.6 Å². The molecule has 1 aromatic carbocycles. The Morgan fingerprint density at radius 2 is 2.00 bits per heavy atom. The predicted molar refractivity (Wildman–Crippen MR) is 104 cm³/mol. The molecule has 0 aliphatic carbocycles. The Morgan fingerprint density at radius 1 is 1.15 bits per heavy atom. The van der Waals surface area contributed by atoms with E-state index in [-0.39, 0.29) is 17.8 Å².